The second-order valence-electron chi connectivity index (χ2n) is 8.77. The number of halogens is 2. The summed E-state index contributed by atoms with van der Waals surface area (Å²) in [5.41, 5.74) is 0.202. The molecule has 1 saturated carbocycles. The first-order chi connectivity index (χ1) is 16.3. The van der Waals surface area contributed by atoms with Gasteiger partial charge in [-0.1, -0.05) is 0 Å². The van der Waals surface area contributed by atoms with Gasteiger partial charge in [0.1, 0.15) is 5.56 Å². The fraction of sp³-hybridized carbons (Fsp3) is 0.682. The van der Waals surface area contributed by atoms with Gasteiger partial charge in [0.05, 0.1) is 25.3 Å². The quantitative estimate of drug-likeness (QED) is 0.343. The van der Waals surface area contributed by atoms with Crippen LogP contribution in [0.5, 0.6) is 0 Å². The van der Waals surface area contributed by atoms with Crippen LogP contribution >= 0.6 is 0 Å². The maximum atomic E-state index is 13.0. The molecule has 3 rings (SSSR count). The molecule has 186 valence electrons. The van der Waals surface area contributed by atoms with Crippen molar-refractivity contribution in [1.82, 2.24) is 20.2 Å². The van der Waals surface area contributed by atoms with Gasteiger partial charge in [-0.15, -0.1) is 0 Å². The Morgan fingerprint density at radius 2 is 2.18 bits per heavy atom. The van der Waals surface area contributed by atoms with Crippen molar-refractivity contribution in [1.29, 1.82) is 5.26 Å². The van der Waals surface area contributed by atoms with Crippen LogP contribution in [0, 0.1) is 17.2 Å². The number of nitriles is 1. The van der Waals surface area contributed by atoms with Gasteiger partial charge in [-0.25, -0.2) is 9.98 Å². The summed E-state index contributed by atoms with van der Waals surface area (Å²) in [5.74, 6) is 0.123. The van der Waals surface area contributed by atoms with Crippen LogP contribution < -0.4 is 10.6 Å². The van der Waals surface area contributed by atoms with Crippen LogP contribution in [0.25, 0.3) is 0 Å². The van der Waals surface area contributed by atoms with Gasteiger partial charge in [-0.2, -0.15) is 19.0 Å². The van der Waals surface area contributed by atoms with E-state index < -0.39 is 12.7 Å². The van der Waals surface area contributed by atoms with Crippen molar-refractivity contribution in [3.8, 4) is 6.07 Å². The molecule has 2 aliphatic rings. The maximum absolute atomic E-state index is 13.0. The Morgan fingerprint density at radius 3 is 2.88 bits per heavy atom. The molecule has 3 N–H and O–H groups in total. The number of alkyl halides is 2. The summed E-state index contributed by atoms with van der Waals surface area (Å²) in [4.78, 5) is 27.9. The van der Waals surface area contributed by atoms with E-state index in [1.165, 1.54) is 6.20 Å². The normalized spacial score (nSPS) is 24.3. The molecule has 1 amide bonds. The largest absolute Gasteiger partial charge is 0.393 e. The first kappa shape index (κ1) is 25.9. The summed E-state index contributed by atoms with van der Waals surface area (Å²) in [6.45, 7) is 0.169. The SMILES string of the molecule is C[C@@H](COC(F)F)Nc1ncc(C(=O)N[C@H]2CCN(CC#N)C2)c(/N=C\C2CCC(O)CC2)n1. The number of aliphatic hydroxyl groups excluding tert-OH is 1. The molecular weight excluding hydrogens is 448 g/mol. The summed E-state index contributed by atoms with van der Waals surface area (Å²) in [5, 5.41) is 24.4. The molecule has 12 heteroatoms. The minimum atomic E-state index is -2.87. The number of rotatable bonds is 10. The smallest absolute Gasteiger partial charge is 0.345 e. The molecule has 10 nitrogen and oxygen atoms in total. The Kier molecular flexibility index (Phi) is 9.62. The van der Waals surface area contributed by atoms with Gasteiger partial charge >= 0.3 is 6.61 Å². The average Bonchev–Trinajstić information content (AvgIpc) is 3.24. The van der Waals surface area contributed by atoms with Gasteiger partial charge in [0, 0.05) is 37.6 Å². The van der Waals surface area contributed by atoms with Crippen LogP contribution in [0.2, 0.25) is 0 Å². The Labute approximate surface area is 197 Å². The number of likely N-dealkylation sites (tertiary alicyclic amines) is 1. The molecule has 0 radical (unpaired) electrons. The standard InChI is InChI=1S/C22H31F2N7O3/c1-14(13-34-21(23)24)28-22-27-11-18(20(33)29-16-6-8-31(12-16)9-7-25)19(30-22)26-10-15-2-4-17(32)5-3-15/h10-11,14-17,21,32H,2-6,8-9,12-13H2,1H3,(H,29,33)(H,27,28,30)/b26-10-/t14-,15?,16-,17?/m0/s1. The van der Waals surface area contributed by atoms with Crippen LogP contribution in [-0.2, 0) is 4.74 Å². The molecule has 0 bridgehead atoms. The average molecular weight is 480 g/mol. The molecule has 2 heterocycles. The molecule has 1 aliphatic carbocycles. The molecule has 34 heavy (non-hydrogen) atoms. The lowest BCUT2D eigenvalue weighted by atomic mass is 9.88. The first-order valence-electron chi connectivity index (χ1n) is 11.5. The summed E-state index contributed by atoms with van der Waals surface area (Å²) in [7, 11) is 0. The fourth-order valence-electron chi connectivity index (χ4n) is 4.06. The minimum Gasteiger partial charge on any atom is -0.393 e. The van der Waals surface area contributed by atoms with Crippen molar-refractivity contribution in [2.24, 2.45) is 10.9 Å². The number of anilines is 1. The first-order valence-corrected chi connectivity index (χ1v) is 11.5. The highest BCUT2D eigenvalue weighted by Gasteiger charge is 2.26. The van der Waals surface area contributed by atoms with Crippen LogP contribution in [0.15, 0.2) is 11.2 Å². The summed E-state index contributed by atoms with van der Waals surface area (Å²) < 4.78 is 28.9. The highest BCUT2D eigenvalue weighted by atomic mass is 19.3. The van der Waals surface area contributed by atoms with Crippen LogP contribution in [0.3, 0.4) is 0 Å². The van der Waals surface area contributed by atoms with E-state index in [9.17, 15) is 18.7 Å². The third-order valence-electron chi connectivity index (χ3n) is 5.91. The molecule has 0 unspecified atom stereocenters. The van der Waals surface area contributed by atoms with Crippen LogP contribution in [-0.4, -0.2) is 83.1 Å². The lowest BCUT2D eigenvalue weighted by Gasteiger charge is -2.22. The van der Waals surface area contributed by atoms with E-state index in [1.54, 1.807) is 13.1 Å². The second kappa shape index (κ2) is 12.6. The van der Waals surface area contributed by atoms with Crippen molar-refractivity contribution < 1.29 is 23.4 Å². The Balaban J connectivity index is 1.72. The van der Waals surface area contributed by atoms with E-state index in [0.29, 0.717) is 25.9 Å². The van der Waals surface area contributed by atoms with E-state index in [4.69, 9.17) is 5.26 Å². The van der Waals surface area contributed by atoms with Crippen molar-refractivity contribution in [2.45, 2.75) is 63.8 Å². The number of carbonyl (C=O) groups excluding carboxylic acids is 1. The molecule has 0 spiro atoms. The Morgan fingerprint density at radius 1 is 1.41 bits per heavy atom. The molecule has 1 aromatic heterocycles. The Bertz CT molecular complexity index is 888. The number of aliphatic hydroxyl groups is 1. The van der Waals surface area contributed by atoms with Crippen LogP contribution in [0.4, 0.5) is 20.5 Å². The van der Waals surface area contributed by atoms with Gasteiger partial charge in [0.25, 0.3) is 5.91 Å². The molecule has 0 aromatic carbocycles. The summed E-state index contributed by atoms with van der Waals surface area (Å²) in [6, 6.07) is 1.53. The van der Waals surface area contributed by atoms with Gasteiger partial charge < -0.3 is 20.5 Å². The lowest BCUT2D eigenvalue weighted by molar-refractivity contribution is -0.130. The zero-order valence-corrected chi connectivity index (χ0v) is 19.2. The number of aliphatic imine (C=N–C) groups is 1. The van der Waals surface area contributed by atoms with E-state index >= 15 is 0 Å². The molecule has 1 aromatic rings. The highest BCUT2D eigenvalue weighted by Crippen LogP contribution is 2.25. The highest BCUT2D eigenvalue weighted by molar-refractivity contribution is 5.98. The van der Waals surface area contributed by atoms with Crippen LogP contribution in [0.1, 0.15) is 49.4 Å². The van der Waals surface area contributed by atoms with Crippen molar-refractivity contribution in [3.63, 3.8) is 0 Å². The minimum absolute atomic E-state index is 0.0955. The third kappa shape index (κ3) is 7.93. The topological polar surface area (TPSA) is 136 Å². The molecule has 2 fully saturated rings. The molecule has 1 aliphatic heterocycles. The monoisotopic (exact) mass is 479 g/mol. The maximum Gasteiger partial charge on any atom is 0.345 e. The summed E-state index contributed by atoms with van der Waals surface area (Å²) in [6.07, 6.45) is 6.55. The molecule has 2 atom stereocenters. The number of aromatic nitrogens is 2. The number of hydrogen-bond acceptors (Lipinski definition) is 9. The number of nitrogens with one attached hydrogen (secondary N) is 2. The van der Waals surface area contributed by atoms with E-state index in [1.807, 2.05) is 4.90 Å². The predicted octanol–water partition coefficient (Wildman–Crippen LogP) is 2.10. The second-order valence-corrected chi connectivity index (χ2v) is 8.77. The van der Waals surface area contributed by atoms with E-state index in [-0.39, 0.29) is 47.9 Å². The van der Waals surface area contributed by atoms with Crippen molar-refractivity contribution in [2.75, 3.05) is 31.6 Å². The van der Waals surface area contributed by atoms with Gasteiger partial charge in [0.2, 0.25) is 5.95 Å². The zero-order valence-electron chi connectivity index (χ0n) is 19.2. The van der Waals surface area contributed by atoms with Gasteiger partial charge in [0.15, 0.2) is 5.82 Å². The van der Waals surface area contributed by atoms with Gasteiger partial charge in [-0.05, 0) is 44.9 Å². The fourth-order valence-corrected chi connectivity index (χ4v) is 4.06. The summed E-state index contributed by atoms with van der Waals surface area (Å²) >= 11 is 0. The predicted molar refractivity (Wildman–Crippen MR) is 121 cm³/mol. The molecular formula is C22H31F2N7O3. The number of ether oxygens (including phenoxy) is 1. The Hall–Kier alpha value is -2.75. The number of nitrogens with zero attached hydrogens (tertiary/aromatic N) is 5. The zero-order chi connectivity index (χ0) is 24.5. The van der Waals surface area contributed by atoms with E-state index in [2.05, 4.69) is 36.4 Å². The van der Waals surface area contributed by atoms with E-state index in [0.717, 1.165) is 25.8 Å². The van der Waals surface area contributed by atoms with Crippen molar-refractivity contribution in [3.05, 3.63) is 11.8 Å². The number of hydrogen-bond donors (Lipinski definition) is 3. The molecule has 1 saturated heterocycles. The van der Waals surface area contributed by atoms with Crippen molar-refractivity contribution >= 4 is 23.9 Å². The lowest BCUT2D eigenvalue weighted by Crippen LogP contribution is -2.37. The number of amides is 1. The van der Waals surface area contributed by atoms with Gasteiger partial charge in [-0.3, -0.25) is 9.69 Å². The number of carbonyl (C=O) groups is 1. The third-order valence-corrected chi connectivity index (χ3v) is 5.91.